The van der Waals surface area contributed by atoms with Gasteiger partial charge in [0.25, 0.3) is 0 Å². The van der Waals surface area contributed by atoms with Crippen LogP contribution in [0.4, 0.5) is 0 Å². The van der Waals surface area contributed by atoms with Gasteiger partial charge in [-0.05, 0) is 25.8 Å². The first-order valence-corrected chi connectivity index (χ1v) is 8.07. The van der Waals surface area contributed by atoms with Crippen LogP contribution in [-0.2, 0) is 4.79 Å². The zero-order valence-corrected chi connectivity index (χ0v) is 13.3. The highest BCUT2D eigenvalue weighted by Crippen LogP contribution is 2.22. The van der Waals surface area contributed by atoms with E-state index in [0.717, 1.165) is 58.5 Å². The van der Waals surface area contributed by atoms with Crippen LogP contribution >= 0.6 is 12.4 Å². The van der Waals surface area contributed by atoms with E-state index in [1.54, 1.807) is 0 Å². The van der Waals surface area contributed by atoms with Crippen LogP contribution in [0.3, 0.4) is 0 Å². The Balaban J connectivity index is 0.00000200. The van der Waals surface area contributed by atoms with Gasteiger partial charge in [0, 0.05) is 38.6 Å². The van der Waals surface area contributed by atoms with Crippen molar-refractivity contribution in [3.8, 4) is 0 Å². The van der Waals surface area contributed by atoms with Crippen molar-refractivity contribution in [2.75, 3.05) is 39.3 Å². The normalized spacial score (nSPS) is 21.8. The highest BCUT2D eigenvalue weighted by Gasteiger charge is 2.19. The monoisotopic (exact) mass is 303 g/mol. The van der Waals surface area contributed by atoms with Crippen LogP contribution < -0.4 is 10.6 Å². The number of carbonyl (C=O) groups excluding carboxylic acids is 1. The molecule has 0 bridgehead atoms. The van der Waals surface area contributed by atoms with E-state index in [1.165, 1.54) is 25.7 Å². The minimum atomic E-state index is 0. The van der Waals surface area contributed by atoms with Crippen LogP contribution in [-0.4, -0.2) is 50.1 Å². The molecule has 2 N–H and O–H groups in total. The van der Waals surface area contributed by atoms with E-state index < -0.39 is 0 Å². The van der Waals surface area contributed by atoms with E-state index in [4.69, 9.17) is 0 Å². The number of nitrogens with one attached hydrogen (secondary N) is 2. The number of amides is 1. The molecule has 2 rings (SSSR count). The smallest absolute Gasteiger partial charge is 0.223 e. The lowest BCUT2D eigenvalue weighted by atomic mass is 9.99. The second kappa shape index (κ2) is 10.4. The number of nitrogens with zero attached hydrogens (tertiary/aromatic N) is 1. The Labute approximate surface area is 129 Å². The average Bonchev–Trinajstić information content (AvgIpc) is 2.73. The molecule has 1 amide bonds. The summed E-state index contributed by atoms with van der Waals surface area (Å²) in [5.41, 5.74) is 0. The zero-order chi connectivity index (χ0) is 13.3. The van der Waals surface area contributed by atoms with Gasteiger partial charge in [-0.25, -0.2) is 0 Å². The van der Waals surface area contributed by atoms with Crippen molar-refractivity contribution in [2.24, 2.45) is 5.92 Å². The standard InChI is InChI=1S/C15H29N3O.ClH/c19-15(14-6-3-1-2-4-7-14)17-8-5-11-18-12-9-16-10-13-18;/h14,16H,1-13H2,(H,17,19);1H. The fourth-order valence-electron chi connectivity index (χ4n) is 3.13. The van der Waals surface area contributed by atoms with Crippen molar-refractivity contribution in [1.82, 2.24) is 15.5 Å². The number of hydrogen-bond donors (Lipinski definition) is 2. The fraction of sp³-hybridized carbons (Fsp3) is 0.933. The SMILES string of the molecule is Cl.O=C(NCCCN1CCNCC1)C1CCCCCC1. The molecular formula is C15H30ClN3O. The molecule has 1 aliphatic heterocycles. The largest absolute Gasteiger partial charge is 0.356 e. The zero-order valence-electron chi connectivity index (χ0n) is 12.5. The number of rotatable bonds is 5. The van der Waals surface area contributed by atoms with Crippen molar-refractivity contribution >= 4 is 18.3 Å². The number of halogens is 1. The second-order valence-electron chi connectivity index (χ2n) is 5.92. The van der Waals surface area contributed by atoms with E-state index in [1.807, 2.05) is 0 Å². The van der Waals surface area contributed by atoms with E-state index in [9.17, 15) is 4.79 Å². The van der Waals surface area contributed by atoms with Crippen LogP contribution in [0, 0.1) is 5.92 Å². The first-order chi connectivity index (χ1) is 9.36. The Morgan fingerprint density at radius 1 is 1.10 bits per heavy atom. The Morgan fingerprint density at radius 3 is 2.40 bits per heavy atom. The lowest BCUT2D eigenvalue weighted by Crippen LogP contribution is -2.44. The summed E-state index contributed by atoms with van der Waals surface area (Å²) in [4.78, 5) is 14.5. The maximum atomic E-state index is 12.1. The molecule has 1 saturated carbocycles. The third-order valence-electron chi connectivity index (χ3n) is 4.39. The molecule has 5 heteroatoms. The Morgan fingerprint density at radius 2 is 1.75 bits per heavy atom. The summed E-state index contributed by atoms with van der Waals surface area (Å²) in [5, 5.41) is 6.50. The molecule has 118 valence electrons. The predicted molar refractivity (Wildman–Crippen MR) is 85.4 cm³/mol. The molecule has 0 unspecified atom stereocenters. The third kappa shape index (κ3) is 6.42. The summed E-state index contributed by atoms with van der Waals surface area (Å²) in [6.07, 6.45) is 8.38. The molecule has 0 aromatic rings. The van der Waals surface area contributed by atoms with Gasteiger partial charge in [0.15, 0.2) is 0 Å². The van der Waals surface area contributed by atoms with Crippen molar-refractivity contribution < 1.29 is 4.79 Å². The van der Waals surface area contributed by atoms with E-state index >= 15 is 0 Å². The van der Waals surface area contributed by atoms with Crippen LogP contribution in [0.1, 0.15) is 44.9 Å². The molecule has 0 radical (unpaired) electrons. The Bertz CT molecular complexity index is 262. The van der Waals surface area contributed by atoms with Gasteiger partial charge in [0.1, 0.15) is 0 Å². The van der Waals surface area contributed by atoms with Crippen molar-refractivity contribution in [3.63, 3.8) is 0 Å². The average molecular weight is 304 g/mol. The van der Waals surface area contributed by atoms with Crippen molar-refractivity contribution in [1.29, 1.82) is 0 Å². The predicted octanol–water partition coefficient (Wildman–Crippen LogP) is 1.79. The maximum absolute atomic E-state index is 12.1. The van der Waals surface area contributed by atoms with Gasteiger partial charge in [-0.2, -0.15) is 0 Å². The topological polar surface area (TPSA) is 44.4 Å². The highest BCUT2D eigenvalue weighted by atomic mass is 35.5. The summed E-state index contributed by atoms with van der Waals surface area (Å²) < 4.78 is 0. The lowest BCUT2D eigenvalue weighted by Gasteiger charge is -2.27. The summed E-state index contributed by atoms with van der Waals surface area (Å²) in [7, 11) is 0. The molecule has 0 aromatic heterocycles. The molecule has 4 nitrogen and oxygen atoms in total. The fourth-order valence-corrected chi connectivity index (χ4v) is 3.13. The second-order valence-corrected chi connectivity index (χ2v) is 5.92. The van der Waals surface area contributed by atoms with Gasteiger partial charge in [-0.3, -0.25) is 4.79 Å². The maximum Gasteiger partial charge on any atom is 0.223 e. The van der Waals surface area contributed by atoms with Crippen molar-refractivity contribution in [2.45, 2.75) is 44.9 Å². The van der Waals surface area contributed by atoms with Gasteiger partial charge in [-0.15, -0.1) is 12.4 Å². The van der Waals surface area contributed by atoms with Crippen molar-refractivity contribution in [3.05, 3.63) is 0 Å². The van der Waals surface area contributed by atoms with E-state index in [2.05, 4.69) is 15.5 Å². The Kier molecular flexibility index (Phi) is 9.23. The van der Waals surface area contributed by atoms with Gasteiger partial charge in [0.2, 0.25) is 5.91 Å². The molecule has 1 aliphatic carbocycles. The number of piperazine rings is 1. The van der Waals surface area contributed by atoms with Gasteiger partial charge >= 0.3 is 0 Å². The molecule has 2 aliphatic rings. The highest BCUT2D eigenvalue weighted by molar-refractivity contribution is 5.85. The summed E-state index contributed by atoms with van der Waals surface area (Å²) in [6.45, 7) is 6.47. The molecule has 0 atom stereocenters. The minimum Gasteiger partial charge on any atom is -0.356 e. The first-order valence-electron chi connectivity index (χ1n) is 8.07. The van der Waals surface area contributed by atoms with Crippen LogP contribution in [0.25, 0.3) is 0 Å². The van der Waals surface area contributed by atoms with Gasteiger partial charge < -0.3 is 15.5 Å². The third-order valence-corrected chi connectivity index (χ3v) is 4.39. The van der Waals surface area contributed by atoms with Crippen LogP contribution in [0.15, 0.2) is 0 Å². The summed E-state index contributed by atoms with van der Waals surface area (Å²) in [5.74, 6) is 0.601. The van der Waals surface area contributed by atoms with Gasteiger partial charge in [-0.1, -0.05) is 25.7 Å². The molecule has 0 spiro atoms. The van der Waals surface area contributed by atoms with Crippen LogP contribution in [0.2, 0.25) is 0 Å². The molecule has 1 saturated heterocycles. The van der Waals surface area contributed by atoms with E-state index in [-0.39, 0.29) is 12.4 Å². The molecule has 0 aromatic carbocycles. The quantitative estimate of drug-likeness (QED) is 0.601. The lowest BCUT2D eigenvalue weighted by molar-refractivity contribution is -0.125. The molecule has 1 heterocycles. The summed E-state index contributed by atoms with van der Waals surface area (Å²) in [6, 6.07) is 0. The van der Waals surface area contributed by atoms with Crippen LogP contribution in [0.5, 0.6) is 0 Å². The molecule has 2 fully saturated rings. The van der Waals surface area contributed by atoms with E-state index in [0.29, 0.717) is 11.8 Å². The summed E-state index contributed by atoms with van der Waals surface area (Å²) >= 11 is 0. The Hall–Kier alpha value is -0.320. The number of carbonyl (C=O) groups is 1. The van der Waals surface area contributed by atoms with Gasteiger partial charge in [0.05, 0.1) is 0 Å². The minimum absolute atomic E-state index is 0. The molecular weight excluding hydrogens is 274 g/mol. The number of hydrogen-bond acceptors (Lipinski definition) is 3. The first kappa shape index (κ1) is 17.7. The molecule has 20 heavy (non-hydrogen) atoms.